The van der Waals surface area contributed by atoms with Crippen LogP contribution in [0.4, 0.5) is 4.79 Å². The van der Waals surface area contributed by atoms with Crippen molar-refractivity contribution in [3.63, 3.8) is 0 Å². The maximum Gasteiger partial charge on any atom is 0.412 e. The molecule has 3 heterocycles. The van der Waals surface area contributed by atoms with Gasteiger partial charge in [-0.2, -0.15) is 5.10 Å². The van der Waals surface area contributed by atoms with Gasteiger partial charge in [0.25, 0.3) is 0 Å². The van der Waals surface area contributed by atoms with Crippen LogP contribution in [0, 0.1) is 5.92 Å². The number of aryl methyl sites for hydroxylation is 1. The molecule has 29 heavy (non-hydrogen) atoms. The fourth-order valence-corrected chi connectivity index (χ4v) is 3.68. The quantitative estimate of drug-likeness (QED) is 0.528. The average molecular weight is 411 g/mol. The number of nitrogens with zero attached hydrogens (tertiary/aromatic N) is 4. The van der Waals surface area contributed by atoms with Gasteiger partial charge in [-0.15, -0.1) is 0 Å². The Balaban J connectivity index is 1.49. The van der Waals surface area contributed by atoms with E-state index in [9.17, 15) is 4.79 Å². The van der Waals surface area contributed by atoms with E-state index in [-0.39, 0.29) is 6.04 Å². The highest BCUT2D eigenvalue weighted by Crippen LogP contribution is 2.33. The molecule has 148 valence electrons. The largest absolute Gasteiger partial charge is 0.412 e. The van der Waals surface area contributed by atoms with Gasteiger partial charge in [0.15, 0.2) is 16.9 Å². The van der Waals surface area contributed by atoms with Crippen LogP contribution >= 0.6 is 11.6 Å². The van der Waals surface area contributed by atoms with E-state index in [1.54, 1.807) is 17.1 Å². The molecule has 1 aromatic carbocycles. The van der Waals surface area contributed by atoms with E-state index in [4.69, 9.17) is 16.3 Å². The van der Waals surface area contributed by atoms with Gasteiger partial charge in [0.05, 0.1) is 11.7 Å². The van der Waals surface area contributed by atoms with Crippen LogP contribution in [0.5, 0.6) is 5.75 Å². The number of amides is 1. The second-order valence-corrected chi connectivity index (χ2v) is 7.84. The van der Waals surface area contributed by atoms with Crippen molar-refractivity contribution < 1.29 is 9.53 Å². The number of aromatic nitrogens is 5. The molecule has 0 radical (unpaired) electrons. The number of nitrogens with one attached hydrogen (secondary N) is 2. The third-order valence-corrected chi connectivity index (χ3v) is 5.51. The second kappa shape index (κ2) is 6.73. The molecule has 1 aliphatic rings. The van der Waals surface area contributed by atoms with Gasteiger partial charge in [-0.1, -0.05) is 11.6 Å². The minimum absolute atomic E-state index is 0.0982. The number of rotatable bonds is 4. The van der Waals surface area contributed by atoms with Crippen molar-refractivity contribution in [2.24, 2.45) is 13.0 Å². The summed E-state index contributed by atoms with van der Waals surface area (Å²) in [6, 6.07) is 5.68. The first-order valence-corrected chi connectivity index (χ1v) is 9.82. The molecule has 0 unspecified atom stereocenters. The Kier molecular flexibility index (Phi) is 4.16. The van der Waals surface area contributed by atoms with Crippen LogP contribution in [0.2, 0.25) is 5.02 Å². The molecule has 1 atom stereocenters. The molecule has 3 aromatic heterocycles. The van der Waals surface area contributed by atoms with Crippen LogP contribution in [0.3, 0.4) is 0 Å². The summed E-state index contributed by atoms with van der Waals surface area (Å²) >= 11 is 6.11. The standard InChI is InChI=1S/C20H19ClN6O2/c1-10(11-3-4-11)24-20(28)29-16-9-23-19-18(16)25-14(8-22-19)17-13-6-5-12(21)7-15(13)27(2)26-17/h5-11H,3-4H2,1-2H3,(H,22,23)(H,24,28)/t10-/m1/s1. The lowest BCUT2D eigenvalue weighted by molar-refractivity contribution is 0.196. The number of ether oxygens (including phenoxy) is 1. The molecule has 4 aromatic rings. The summed E-state index contributed by atoms with van der Waals surface area (Å²) < 4.78 is 7.24. The molecule has 0 spiro atoms. The van der Waals surface area contributed by atoms with Gasteiger partial charge in [0.2, 0.25) is 0 Å². The Hall–Kier alpha value is -3.13. The molecule has 5 rings (SSSR count). The number of hydrogen-bond donors (Lipinski definition) is 2. The Labute approximate surface area is 171 Å². The lowest BCUT2D eigenvalue weighted by Crippen LogP contribution is -2.36. The highest BCUT2D eigenvalue weighted by atomic mass is 35.5. The van der Waals surface area contributed by atoms with Crippen molar-refractivity contribution in [2.45, 2.75) is 25.8 Å². The van der Waals surface area contributed by atoms with E-state index in [2.05, 4.69) is 25.4 Å². The maximum atomic E-state index is 12.2. The normalized spacial score (nSPS) is 15.0. The molecule has 1 amide bonds. The molecule has 1 aliphatic carbocycles. The zero-order chi connectivity index (χ0) is 20.1. The van der Waals surface area contributed by atoms with Crippen molar-refractivity contribution in [1.29, 1.82) is 0 Å². The van der Waals surface area contributed by atoms with Gasteiger partial charge < -0.3 is 15.0 Å². The van der Waals surface area contributed by atoms with E-state index >= 15 is 0 Å². The van der Waals surface area contributed by atoms with Gasteiger partial charge in [-0.05, 0) is 43.9 Å². The van der Waals surface area contributed by atoms with Gasteiger partial charge in [-0.25, -0.2) is 14.8 Å². The summed E-state index contributed by atoms with van der Waals surface area (Å²) in [7, 11) is 1.85. The van der Waals surface area contributed by atoms with Crippen molar-refractivity contribution >= 4 is 39.8 Å². The third kappa shape index (κ3) is 3.29. The van der Waals surface area contributed by atoms with Gasteiger partial charge in [-0.3, -0.25) is 4.68 Å². The van der Waals surface area contributed by atoms with Gasteiger partial charge in [0, 0.05) is 29.7 Å². The summed E-state index contributed by atoms with van der Waals surface area (Å²) in [6.07, 6.45) is 5.04. The van der Waals surface area contributed by atoms with E-state index in [0.29, 0.717) is 39.2 Å². The maximum absolute atomic E-state index is 12.2. The number of fused-ring (bicyclic) bond motifs is 2. The minimum Gasteiger partial charge on any atom is -0.406 e. The summed E-state index contributed by atoms with van der Waals surface area (Å²) in [6.45, 7) is 1.99. The first-order valence-electron chi connectivity index (χ1n) is 9.44. The topological polar surface area (TPSA) is 97.7 Å². The van der Waals surface area contributed by atoms with Crippen LogP contribution < -0.4 is 10.1 Å². The Morgan fingerprint density at radius 1 is 1.41 bits per heavy atom. The Morgan fingerprint density at radius 3 is 3.03 bits per heavy atom. The number of halogens is 1. The molecule has 0 bridgehead atoms. The average Bonchev–Trinajstić information content (AvgIpc) is 3.41. The first kappa shape index (κ1) is 17.9. The van der Waals surface area contributed by atoms with E-state index in [1.807, 2.05) is 32.2 Å². The summed E-state index contributed by atoms with van der Waals surface area (Å²) in [5.41, 5.74) is 3.18. The number of aromatic amines is 1. The second-order valence-electron chi connectivity index (χ2n) is 7.40. The van der Waals surface area contributed by atoms with Crippen LogP contribution in [0.15, 0.2) is 30.6 Å². The van der Waals surface area contributed by atoms with Crippen molar-refractivity contribution in [3.8, 4) is 17.1 Å². The van der Waals surface area contributed by atoms with Crippen molar-refractivity contribution in [1.82, 2.24) is 30.0 Å². The monoisotopic (exact) mass is 410 g/mol. The minimum atomic E-state index is -0.490. The van der Waals surface area contributed by atoms with Crippen molar-refractivity contribution in [3.05, 3.63) is 35.6 Å². The predicted molar refractivity (Wildman–Crippen MR) is 110 cm³/mol. The SMILES string of the molecule is C[C@@H](NC(=O)Oc1c[nH]c2ncc(-c3nn(C)c4cc(Cl)ccc34)nc12)C1CC1. The lowest BCUT2D eigenvalue weighted by Gasteiger charge is -2.12. The van der Waals surface area contributed by atoms with E-state index in [1.165, 1.54) is 0 Å². The summed E-state index contributed by atoms with van der Waals surface area (Å²) in [5, 5.41) is 9.00. The molecule has 2 N–H and O–H groups in total. The van der Waals surface area contributed by atoms with Crippen LogP contribution in [0.25, 0.3) is 33.5 Å². The number of H-pyrrole nitrogens is 1. The van der Waals surface area contributed by atoms with Crippen LogP contribution in [0.1, 0.15) is 19.8 Å². The number of benzene rings is 1. The predicted octanol–water partition coefficient (Wildman–Crippen LogP) is 4.05. The highest BCUT2D eigenvalue weighted by Gasteiger charge is 2.29. The van der Waals surface area contributed by atoms with Crippen LogP contribution in [-0.2, 0) is 7.05 Å². The van der Waals surface area contributed by atoms with E-state index in [0.717, 1.165) is 23.7 Å². The summed E-state index contributed by atoms with van der Waals surface area (Å²) in [4.78, 5) is 24.3. The van der Waals surface area contributed by atoms with Gasteiger partial charge >= 0.3 is 6.09 Å². The summed E-state index contributed by atoms with van der Waals surface area (Å²) in [5.74, 6) is 0.876. The fourth-order valence-electron chi connectivity index (χ4n) is 3.51. The van der Waals surface area contributed by atoms with Crippen molar-refractivity contribution in [2.75, 3.05) is 0 Å². The molecular weight excluding hydrogens is 392 g/mol. The molecule has 0 aliphatic heterocycles. The molecule has 1 fully saturated rings. The third-order valence-electron chi connectivity index (χ3n) is 5.28. The first-order chi connectivity index (χ1) is 14.0. The molecule has 1 saturated carbocycles. The number of carbonyl (C=O) groups is 1. The fraction of sp³-hybridized carbons (Fsp3) is 0.300. The molecular formula is C20H19ClN6O2. The number of carbonyl (C=O) groups excluding carboxylic acids is 1. The zero-order valence-corrected chi connectivity index (χ0v) is 16.7. The van der Waals surface area contributed by atoms with Crippen LogP contribution in [-0.4, -0.2) is 36.9 Å². The molecule has 8 nitrogen and oxygen atoms in total. The molecule has 0 saturated heterocycles. The number of hydrogen-bond acceptors (Lipinski definition) is 5. The zero-order valence-electron chi connectivity index (χ0n) is 15.9. The Morgan fingerprint density at radius 2 is 2.24 bits per heavy atom. The smallest absolute Gasteiger partial charge is 0.406 e. The molecule has 9 heteroatoms. The van der Waals surface area contributed by atoms with Gasteiger partial charge in [0.1, 0.15) is 11.4 Å². The highest BCUT2D eigenvalue weighted by molar-refractivity contribution is 6.31. The Bertz CT molecular complexity index is 1240. The lowest BCUT2D eigenvalue weighted by atomic mass is 10.2. The van der Waals surface area contributed by atoms with E-state index < -0.39 is 6.09 Å².